The van der Waals surface area contributed by atoms with E-state index in [2.05, 4.69) is 22.3 Å². The van der Waals surface area contributed by atoms with Crippen molar-refractivity contribution in [3.8, 4) is 0 Å². The van der Waals surface area contributed by atoms with Gasteiger partial charge in [0.25, 0.3) is 0 Å². The summed E-state index contributed by atoms with van der Waals surface area (Å²) in [6.45, 7) is 2.35. The third kappa shape index (κ3) is 2.31. The van der Waals surface area contributed by atoms with Gasteiger partial charge in [-0.15, -0.1) is 11.3 Å². The number of nitrogens with one attached hydrogen (secondary N) is 1. The van der Waals surface area contributed by atoms with Crippen molar-refractivity contribution in [3.63, 3.8) is 0 Å². The largest absolute Gasteiger partial charge is 0.351 e. The predicted octanol–water partition coefficient (Wildman–Crippen LogP) is 4.21. The summed E-state index contributed by atoms with van der Waals surface area (Å²) in [6.07, 6.45) is 11.7. The second-order valence-corrected chi connectivity index (χ2v) is 8.53. The van der Waals surface area contributed by atoms with E-state index in [0.29, 0.717) is 6.04 Å². The van der Waals surface area contributed by atoms with Gasteiger partial charge in [0.05, 0.1) is 5.39 Å². The van der Waals surface area contributed by atoms with Gasteiger partial charge in [-0.25, -0.2) is 9.97 Å². The lowest BCUT2D eigenvalue weighted by Crippen LogP contribution is -2.24. The molecule has 5 rings (SSSR count). The van der Waals surface area contributed by atoms with Gasteiger partial charge < -0.3 is 5.32 Å². The molecule has 0 bridgehead atoms. The number of hydrogen-bond acceptors (Lipinski definition) is 5. The van der Waals surface area contributed by atoms with E-state index in [1.165, 1.54) is 60.8 Å². The molecule has 5 nitrogen and oxygen atoms in total. The van der Waals surface area contributed by atoms with Gasteiger partial charge in [0.1, 0.15) is 11.2 Å². The summed E-state index contributed by atoms with van der Waals surface area (Å²) in [5.41, 5.74) is 2.45. The minimum absolute atomic E-state index is 0.519. The number of anilines is 1. The SMILES string of the molecule is C[C@H]1CCc2sc3nc(NC4CCCCC4)n4ncnc4c3c2C1. The van der Waals surface area contributed by atoms with Crippen LogP contribution in [0.4, 0.5) is 5.95 Å². The van der Waals surface area contributed by atoms with Crippen molar-refractivity contribution in [1.29, 1.82) is 0 Å². The average Bonchev–Trinajstić information content (AvgIpc) is 3.19. The number of aryl methyl sites for hydroxylation is 1. The van der Waals surface area contributed by atoms with Crippen molar-refractivity contribution < 1.29 is 0 Å². The van der Waals surface area contributed by atoms with Gasteiger partial charge >= 0.3 is 0 Å². The quantitative estimate of drug-likeness (QED) is 0.759. The van der Waals surface area contributed by atoms with Crippen molar-refractivity contribution in [3.05, 3.63) is 16.8 Å². The zero-order valence-corrected chi connectivity index (χ0v) is 14.9. The van der Waals surface area contributed by atoms with E-state index in [9.17, 15) is 0 Å². The number of rotatable bonds is 2. The van der Waals surface area contributed by atoms with Crippen LogP contribution in [-0.4, -0.2) is 25.6 Å². The molecule has 1 atom stereocenters. The molecule has 0 saturated heterocycles. The van der Waals surface area contributed by atoms with Crippen LogP contribution in [0.25, 0.3) is 15.9 Å². The highest BCUT2D eigenvalue weighted by molar-refractivity contribution is 7.19. The van der Waals surface area contributed by atoms with Crippen LogP contribution >= 0.6 is 11.3 Å². The highest BCUT2D eigenvalue weighted by Crippen LogP contribution is 2.39. The number of nitrogens with zero attached hydrogens (tertiary/aromatic N) is 4. The Kier molecular flexibility index (Phi) is 3.47. The van der Waals surface area contributed by atoms with E-state index >= 15 is 0 Å². The lowest BCUT2D eigenvalue weighted by Gasteiger charge is -2.23. The first-order valence-corrected chi connectivity index (χ1v) is 10.0. The van der Waals surface area contributed by atoms with E-state index in [0.717, 1.165) is 28.8 Å². The van der Waals surface area contributed by atoms with Gasteiger partial charge in [-0.05, 0) is 43.6 Å². The average molecular weight is 341 g/mol. The topological polar surface area (TPSA) is 55.1 Å². The highest BCUT2D eigenvalue weighted by Gasteiger charge is 2.25. The monoisotopic (exact) mass is 341 g/mol. The Hall–Kier alpha value is -1.69. The van der Waals surface area contributed by atoms with Crippen molar-refractivity contribution in [2.45, 2.75) is 64.3 Å². The van der Waals surface area contributed by atoms with Crippen molar-refractivity contribution in [2.24, 2.45) is 5.92 Å². The predicted molar refractivity (Wildman–Crippen MR) is 97.8 cm³/mol. The maximum Gasteiger partial charge on any atom is 0.227 e. The first-order chi connectivity index (χ1) is 11.8. The van der Waals surface area contributed by atoms with E-state index in [1.807, 2.05) is 15.9 Å². The molecule has 1 N–H and O–H groups in total. The molecule has 3 heterocycles. The fraction of sp³-hybridized carbons (Fsp3) is 0.611. The van der Waals surface area contributed by atoms with E-state index in [-0.39, 0.29) is 0 Å². The molecule has 0 aliphatic heterocycles. The van der Waals surface area contributed by atoms with E-state index < -0.39 is 0 Å². The van der Waals surface area contributed by atoms with Crippen LogP contribution in [0.1, 0.15) is 55.9 Å². The molecular formula is C18H23N5S. The molecular weight excluding hydrogens is 318 g/mol. The standard InChI is InChI=1S/C18H23N5S/c1-11-7-8-14-13(9-11)15-16-19-10-20-23(16)18(22-17(15)24-14)21-12-5-3-2-4-6-12/h10-12H,2-9H2,1H3,(H,21,22)/t11-/m0/s1. The molecule has 3 aromatic heterocycles. The molecule has 126 valence electrons. The molecule has 1 saturated carbocycles. The third-order valence-corrected chi connectivity index (χ3v) is 6.79. The number of aromatic nitrogens is 4. The summed E-state index contributed by atoms with van der Waals surface area (Å²) in [6, 6.07) is 0.519. The summed E-state index contributed by atoms with van der Waals surface area (Å²) in [4.78, 5) is 12.2. The third-order valence-electron chi connectivity index (χ3n) is 5.61. The molecule has 0 unspecified atom stereocenters. The zero-order chi connectivity index (χ0) is 16.1. The summed E-state index contributed by atoms with van der Waals surface area (Å²) < 4.78 is 1.92. The molecule has 1 fully saturated rings. The first kappa shape index (κ1) is 14.6. The normalized spacial score (nSPS) is 22.1. The lowest BCUT2D eigenvalue weighted by atomic mass is 9.89. The van der Waals surface area contributed by atoms with Crippen molar-refractivity contribution in [2.75, 3.05) is 5.32 Å². The van der Waals surface area contributed by atoms with Gasteiger partial charge in [-0.2, -0.15) is 9.61 Å². The van der Waals surface area contributed by atoms with Crippen LogP contribution in [0.5, 0.6) is 0 Å². The van der Waals surface area contributed by atoms with E-state index in [4.69, 9.17) is 4.98 Å². The summed E-state index contributed by atoms with van der Waals surface area (Å²) in [5, 5.41) is 9.36. The van der Waals surface area contributed by atoms with Crippen LogP contribution in [0.3, 0.4) is 0 Å². The molecule has 0 spiro atoms. The van der Waals surface area contributed by atoms with Gasteiger partial charge in [-0.1, -0.05) is 26.2 Å². The summed E-state index contributed by atoms with van der Waals surface area (Å²) in [5.74, 6) is 1.62. The van der Waals surface area contributed by atoms with Gasteiger partial charge in [0.15, 0.2) is 5.65 Å². The Morgan fingerprint density at radius 2 is 2.08 bits per heavy atom. The number of thiophene rings is 1. The molecule has 0 radical (unpaired) electrons. The Morgan fingerprint density at radius 3 is 2.96 bits per heavy atom. The van der Waals surface area contributed by atoms with Crippen LogP contribution < -0.4 is 5.32 Å². The van der Waals surface area contributed by atoms with Crippen LogP contribution in [0.15, 0.2) is 6.33 Å². The molecule has 0 amide bonds. The molecule has 2 aliphatic carbocycles. The Morgan fingerprint density at radius 1 is 1.21 bits per heavy atom. The number of hydrogen-bond donors (Lipinski definition) is 1. The molecule has 6 heteroatoms. The van der Waals surface area contributed by atoms with Crippen LogP contribution in [-0.2, 0) is 12.8 Å². The van der Waals surface area contributed by atoms with E-state index in [1.54, 1.807) is 6.33 Å². The Labute approximate surface area is 145 Å². The zero-order valence-electron chi connectivity index (χ0n) is 14.1. The fourth-order valence-electron chi connectivity index (χ4n) is 4.29. The minimum atomic E-state index is 0.519. The molecule has 24 heavy (non-hydrogen) atoms. The Bertz CT molecular complexity index is 890. The maximum atomic E-state index is 4.97. The number of fused-ring (bicyclic) bond motifs is 5. The second kappa shape index (κ2) is 5.69. The minimum Gasteiger partial charge on any atom is -0.351 e. The smallest absolute Gasteiger partial charge is 0.227 e. The lowest BCUT2D eigenvalue weighted by molar-refractivity contribution is 0.460. The van der Waals surface area contributed by atoms with Crippen molar-refractivity contribution >= 4 is 33.1 Å². The molecule has 3 aromatic rings. The molecule has 0 aromatic carbocycles. The summed E-state index contributed by atoms with van der Waals surface area (Å²) >= 11 is 1.86. The fourth-order valence-corrected chi connectivity index (χ4v) is 5.50. The Balaban J connectivity index is 1.64. The second-order valence-electron chi connectivity index (χ2n) is 7.44. The van der Waals surface area contributed by atoms with Gasteiger partial charge in [0, 0.05) is 10.9 Å². The summed E-state index contributed by atoms with van der Waals surface area (Å²) in [7, 11) is 0. The highest BCUT2D eigenvalue weighted by atomic mass is 32.1. The van der Waals surface area contributed by atoms with Crippen LogP contribution in [0.2, 0.25) is 0 Å². The molecule has 2 aliphatic rings. The van der Waals surface area contributed by atoms with Crippen LogP contribution in [0, 0.1) is 5.92 Å². The maximum absolute atomic E-state index is 4.97. The first-order valence-electron chi connectivity index (χ1n) is 9.20. The van der Waals surface area contributed by atoms with Crippen molar-refractivity contribution in [1.82, 2.24) is 19.6 Å². The van der Waals surface area contributed by atoms with Gasteiger partial charge in [-0.3, -0.25) is 0 Å². The van der Waals surface area contributed by atoms with Gasteiger partial charge in [0.2, 0.25) is 5.95 Å².